The van der Waals surface area contributed by atoms with E-state index in [9.17, 15) is 10.1 Å². The zero-order chi connectivity index (χ0) is 25.3. The summed E-state index contributed by atoms with van der Waals surface area (Å²) in [7, 11) is 1.58. The summed E-state index contributed by atoms with van der Waals surface area (Å²) in [6.07, 6.45) is 2.31. The summed E-state index contributed by atoms with van der Waals surface area (Å²) in [6, 6.07) is 20.9. The lowest BCUT2D eigenvalue weighted by Gasteiger charge is -2.12. The first-order valence-corrected chi connectivity index (χ1v) is 11.6. The number of fused-ring (bicyclic) bond motifs is 1. The van der Waals surface area contributed by atoms with Gasteiger partial charge in [0.1, 0.15) is 29.1 Å². The first kappa shape index (κ1) is 24.6. The van der Waals surface area contributed by atoms with Gasteiger partial charge in [0.05, 0.1) is 24.8 Å². The smallest absolute Gasteiger partial charge is 0.323 e. The molecule has 36 heavy (non-hydrogen) atoms. The molecule has 8 nitrogen and oxygen atoms in total. The maximum atomic E-state index is 12.3. The molecule has 3 aromatic carbocycles. The number of halogens is 1. The van der Waals surface area contributed by atoms with E-state index in [-0.39, 0.29) is 6.03 Å². The van der Waals surface area contributed by atoms with Crippen LogP contribution in [0.1, 0.15) is 12.0 Å². The number of rotatable bonds is 9. The Morgan fingerprint density at radius 3 is 2.25 bits per heavy atom. The summed E-state index contributed by atoms with van der Waals surface area (Å²) in [6.45, 7) is 0.415. The van der Waals surface area contributed by atoms with E-state index in [0.717, 1.165) is 0 Å². The number of methoxy groups -OCH3 is 1. The lowest BCUT2D eigenvalue weighted by molar-refractivity contribution is 0.262. The Morgan fingerprint density at radius 2 is 1.64 bits per heavy atom. The number of nitriles is 1. The van der Waals surface area contributed by atoms with Crippen molar-refractivity contribution in [2.24, 2.45) is 0 Å². The first-order valence-electron chi connectivity index (χ1n) is 11.1. The topological polar surface area (TPSA) is 106 Å². The molecule has 0 fully saturated rings. The summed E-state index contributed by atoms with van der Waals surface area (Å²) in [5.41, 5.74) is 2.26. The number of amides is 2. The van der Waals surface area contributed by atoms with Gasteiger partial charge in [-0.2, -0.15) is 5.26 Å². The Morgan fingerprint density at radius 1 is 0.972 bits per heavy atom. The Hall–Kier alpha value is -4.48. The number of pyridine rings is 1. The van der Waals surface area contributed by atoms with Crippen molar-refractivity contribution in [3.05, 3.63) is 78.5 Å². The number of nitrogens with zero attached hydrogens (tertiary/aromatic N) is 2. The quantitative estimate of drug-likeness (QED) is 0.198. The molecule has 0 spiro atoms. The standard InChI is InChI=1S/C27H23ClN4O4/c1-34-21-7-3-19(4-8-21)31-27(33)32-20-5-9-22(10-6-20)36-25-11-13-30-24-16-26(35-14-2-12-28)18(17-29)15-23(24)25/h3-11,13,15-16H,2,12,14H2,1H3,(H2,31,32,33). The minimum Gasteiger partial charge on any atom is -0.497 e. The van der Waals surface area contributed by atoms with Gasteiger partial charge in [0, 0.05) is 34.9 Å². The fraction of sp³-hybridized carbons (Fsp3) is 0.148. The van der Waals surface area contributed by atoms with E-state index in [1.165, 1.54) is 0 Å². The van der Waals surface area contributed by atoms with E-state index in [1.807, 2.05) is 0 Å². The zero-order valence-corrected chi connectivity index (χ0v) is 20.2. The van der Waals surface area contributed by atoms with Crippen LogP contribution in [0.2, 0.25) is 0 Å². The molecular weight excluding hydrogens is 480 g/mol. The third-order valence-corrected chi connectivity index (χ3v) is 5.41. The highest BCUT2D eigenvalue weighted by Crippen LogP contribution is 2.33. The second-order valence-electron chi connectivity index (χ2n) is 7.61. The third-order valence-electron chi connectivity index (χ3n) is 5.15. The molecule has 0 saturated carbocycles. The number of alkyl halides is 1. The summed E-state index contributed by atoms with van der Waals surface area (Å²) in [5, 5.41) is 15.8. The molecule has 182 valence electrons. The van der Waals surface area contributed by atoms with Crippen LogP contribution in [0.25, 0.3) is 10.9 Å². The molecule has 0 radical (unpaired) electrons. The van der Waals surface area contributed by atoms with Crippen LogP contribution in [0.5, 0.6) is 23.0 Å². The number of benzene rings is 3. The molecule has 9 heteroatoms. The summed E-state index contributed by atoms with van der Waals surface area (Å²) in [5.74, 6) is 2.75. The lowest BCUT2D eigenvalue weighted by atomic mass is 10.1. The van der Waals surface area contributed by atoms with Gasteiger partial charge in [-0.05, 0) is 67.1 Å². The first-order chi connectivity index (χ1) is 17.6. The van der Waals surface area contributed by atoms with Crippen molar-refractivity contribution in [1.82, 2.24) is 4.98 Å². The molecule has 0 bridgehead atoms. The van der Waals surface area contributed by atoms with Crippen LogP contribution in [0.3, 0.4) is 0 Å². The van der Waals surface area contributed by atoms with E-state index in [4.69, 9.17) is 25.8 Å². The largest absolute Gasteiger partial charge is 0.497 e. The van der Waals surface area contributed by atoms with Gasteiger partial charge in [-0.25, -0.2) is 4.79 Å². The van der Waals surface area contributed by atoms with Crippen molar-refractivity contribution in [3.63, 3.8) is 0 Å². The van der Waals surface area contributed by atoms with Crippen LogP contribution < -0.4 is 24.8 Å². The van der Waals surface area contributed by atoms with Gasteiger partial charge in [0.2, 0.25) is 0 Å². The van der Waals surface area contributed by atoms with Gasteiger partial charge >= 0.3 is 6.03 Å². The number of nitrogens with one attached hydrogen (secondary N) is 2. The number of ether oxygens (including phenoxy) is 3. The van der Waals surface area contributed by atoms with E-state index in [2.05, 4.69) is 21.7 Å². The van der Waals surface area contributed by atoms with E-state index in [0.29, 0.717) is 69.7 Å². The number of aromatic nitrogens is 1. The minimum atomic E-state index is -0.373. The molecule has 4 rings (SSSR count). The second kappa shape index (κ2) is 11.8. The van der Waals surface area contributed by atoms with Crippen molar-refractivity contribution >= 4 is 39.9 Å². The van der Waals surface area contributed by atoms with Gasteiger partial charge in [-0.15, -0.1) is 11.6 Å². The predicted molar refractivity (Wildman–Crippen MR) is 139 cm³/mol. The van der Waals surface area contributed by atoms with Crippen molar-refractivity contribution in [3.8, 4) is 29.1 Å². The van der Waals surface area contributed by atoms with E-state index in [1.54, 1.807) is 80.0 Å². The van der Waals surface area contributed by atoms with Gasteiger partial charge in [-0.3, -0.25) is 4.98 Å². The highest BCUT2D eigenvalue weighted by atomic mass is 35.5. The van der Waals surface area contributed by atoms with Gasteiger partial charge in [-0.1, -0.05) is 0 Å². The monoisotopic (exact) mass is 502 g/mol. The predicted octanol–water partition coefficient (Wildman–Crippen LogP) is 6.56. The van der Waals surface area contributed by atoms with Gasteiger partial charge < -0.3 is 24.8 Å². The van der Waals surface area contributed by atoms with Crippen molar-refractivity contribution in [2.75, 3.05) is 30.2 Å². The molecule has 0 aliphatic rings. The molecule has 0 aliphatic carbocycles. The molecular formula is C27H23ClN4O4. The van der Waals surface area contributed by atoms with E-state index >= 15 is 0 Å². The van der Waals surface area contributed by atoms with Crippen molar-refractivity contribution in [2.45, 2.75) is 6.42 Å². The van der Waals surface area contributed by atoms with Gasteiger partial charge in [0.25, 0.3) is 0 Å². The van der Waals surface area contributed by atoms with E-state index < -0.39 is 0 Å². The van der Waals surface area contributed by atoms with Crippen LogP contribution in [-0.4, -0.2) is 30.6 Å². The number of carbonyl (C=O) groups is 1. The molecule has 0 saturated heterocycles. The van der Waals surface area contributed by atoms with Crippen molar-refractivity contribution < 1.29 is 19.0 Å². The number of hydrogen-bond donors (Lipinski definition) is 2. The normalized spacial score (nSPS) is 10.4. The Bertz CT molecular complexity index is 1390. The summed E-state index contributed by atoms with van der Waals surface area (Å²) < 4.78 is 16.9. The van der Waals surface area contributed by atoms with Gasteiger partial charge in [0.15, 0.2) is 0 Å². The van der Waals surface area contributed by atoms with Crippen LogP contribution in [0, 0.1) is 11.3 Å². The van der Waals surface area contributed by atoms with Crippen LogP contribution >= 0.6 is 11.6 Å². The number of hydrogen-bond acceptors (Lipinski definition) is 6. The fourth-order valence-corrected chi connectivity index (χ4v) is 3.49. The van der Waals surface area contributed by atoms with Crippen LogP contribution in [0.15, 0.2) is 72.9 Å². The molecule has 1 aromatic heterocycles. The Labute approximate surface area is 213 Å². The average molecular weight is 503 g/mol. The number of carbonyl (C=O) groups excluding carboxylic acids is 1. The number of urea groups is 1. The Balaban J connectivity index is 1.44. The highest BCUT2D eigenvalue weighted by Gasteiger charge is 2.12. The summed E-state index contributed by atoms with van der Waals surface area (Å²) >= 11 is 5.71. The van der Waals surface area contributed by atoms with Crippen LogP contribution in [-0.2, 0) is 0 Å². The molecule has 2 N–H and O–H groups in total. The molecule has 4 aromatic rings. The molecule has 0 aliphatic heterocycles. The SMILES string of the molecule is COc1ccc(NC(=O)Nc2ccc(Oc3ccnc4cc(OCCCCl)c(C#N)cc34)cc2)cc1. The highest BCUT2D eigenvalue weighted by molar-refractivity contribution is 6.17. The fourth-order valence-electron chi connectivity index (χ4n) is 3.38. The minimum absolute atomic E-state index is 0.373. The third kappa shape index (κ3) is 6.14. The summed E-state index contributed by atoms with van der Waals surface area (Å²) in [4.78, 5) is 16.7. The van der Waals surface area contributed by atoms with Crippen LogP contribution in [0.4, 0.5) is 16.2 Å². The maximum Gasteiger partial charge on any atom is 0.323 e. The molecule has 2 amide bonds. The maximum absolute atomic E-state index is 12.3. The average Bonchev–Trinajstić information content (AvgIpc) is 2.90. The molecule has 0 atom stereocenters. The second-order valence-corrected chi connectivity index (χ2v) is 7.99. The zero-order valence-electron chi connectivity index (χ0n) is 19.5. The molecule has 0 unspecified atom stereocenters. The lowest BCUT2D eigenvalue weighted by Crippen LogP contribution is -2.19. The Kier molecular flexibility index (Phi) is 8.06. The van der Waals surface area contributed by atoms with Crippen molar-refractivity contribution in [1.29, 1.82) is 5.26 Å². The number of anilines is 2. The molecule has 1 heterocycles.